The minimum Gasteiger partial charge on any atom is -0.363 e. The molecule has 1 amide bonds. The normalized spacial score (nSPS) is 10.7. The Balaban J connectivity index is 1.39. The van der Waals surface area contributed by atoms with Gasteiger partial charge in [0.1, 0.15) is 5.82 Å². The predicted octanol–water partition coefficient (Wildman–Crippen LogP) is 2.10. The number of carbonyl (C=O) groups is 1. The van der Waals surface area contributed by atoms with Crippen LogP contribution in [-0.2, 0) is 13.0 Å². The second-order valence-electron chi connectivity index (χ2n) is 6.15. The van der Waals surface area contributed by atoms with E-state index in [1.54, 1.807) is 22.8 Å². The Morgan fingerprint density at radius 1 is 0.964 bits per heavy atom. The summed E-state index contributed by atoms with van der Waals surface area (Å²) in [5, 5.41) is 19.0. The SMILES string of the molecule is O=C(NCCc1nnc2ccc(NCc3ccccn3)nn12)c1ccccc1. The Bertz CT molecular complexity index is 1060. The maximum atomic E-state index is 12.1. The molecule has 0 spiro atoms. The summed E-state index contributed by atoms with van der Waals surface area (Å²) in [5.41, 5.74) is 2.22. The zero-order chi connectivity index (χ0) is 19.2. The molecular formula is C20H19N7O. The summed E-state index contributed by atoms with van der Waals surface area (Å²) >= 11 is 0. The minimum absolute atomic E-state index is 0.111. The number of hydrogen-bond donors (Lipinski definition) is 2. The Morgan fingerprint density at radius 2 is 1.82 bits per heavy atom. The van der Waals surface area contributed by atoms with E-state index in [0.29, 0.717) is 42.4 Å². The average Bonchev–Trinajstić information content (AvgIpc) is 3.16. The highest BCUT2D eigenvalue weighted by Gasteiger charge is 2.09. The van der Waals surface area contributed by atoms with Gasteiger partial charge in [0.25, 0.3) is 5.91 Å². The number of nitrogens with one attached hydrogen (secondary N) is 2. The molecule has 140 valence electrons. The van der Waals surface area contributed by atoms with Gasteiger partial charge in [-0.1, -0.05) is 24.3 Å². The number of amides is 1. The van der Waals surface area contributed by atoms with Crippen molar-refractivity contribution in [1.82, 2.24) is 30.1 Å². The number of fused-ring (bicyclic) bond motifs is 1. The van der Waals surface area contributed by atoms with Crippen LogP contribution in [0.15, 0.2) is 66.9 Å². The molecule has 0 aliphatic heterocycles. The second-order valence-corrected chi connectivity index (χ2v) is 6.15. The minimum atomic E-state index is -0.111. The van der Waals surface area contributed by atoms with E-state index in [9.17, 15) is 4.79 Å². The number of nitrogens with zero attached hydrogens (tertiary/aromatic N) is 5. The molecule has 1 aromatic carbocycles. The van der Waals surface area contributed by atoms with Crippen LogP contribution in [0.3, 0.4) is 0 Å². The Hall–Kier alpha value is -3.81. The largest absolute Gasteiger partial charge is 0.363 e. The van der Waals surface area contributed by atoms with Crippen LogP contribution < -0.4 is 10.6 Å². The third-order valence-corrected chi connectivity index (χ3v) is 4.17. The highest BCUT2D eigenvalue weighted by atomic mass is 16.1. The Kier molecular flexibility index (Phi) is 5.19. The van der Waals surface area contributed by atoms with Gasteiger partial charge in [-0.05, 0) is 36.4 Å². The number of aromatic nitrogens is 5. The zero-order valence-electron chi connectivity index (χ0n) is 15.1. The van der Waals surface area contributed by atoms with Gasteiger partial charge in [0.2, 0.25) is 0 Å². The maximum Gasteiger partial charge on any atom is 0.251 e. The molecular weight excluding hydrogens is 354 g/mol. The van der Waals surface area contributed by atoms with E-state index in [-0.39, 0.29) is 5.91 Å². The van der Waals surface area contributed by atoms with Crippen LogP contribution in [0.1, 0.15) is 21.9 Å². The van der Waals surface area contributed by atoms with Crippen molar-refractivity contribution in [2.45, 2.75) is 13.0 Å². The van der Waals surface area contributed by atoms with Crippen LogP contribution in [-0.4, -0.2) is 37.2 Å². The Morgan fingerprint density at radius 3 is 2.64 bits per heavy atom. The van der Waals surface area contributed by atoms with Gasteiger partial charge in [-0.25, -0.2) is 0 Å². The molecule has 0 saturated heterocycles. The summed E-state index contributed by atoms with van der Waals surface area (Å²) in [6, 6.07) is 18.6. The van der Waals surface area contributed by atoms with Crippen LogP contribution in [0.4, 0.5) is 5.82 Å². The first-order valence-electron chi connectivity index (χ1n) is 8.98. The molecule has 0 saturated carbocycles. The number of carbonyl (C=O) groups excluding carboxylic acids is 1. The van der Waals surface area contributed by atoms with Crippen LogP contribution in [0.5, 0.6) is 0 Å². The third-order valence-electron chi connectivity index (χ3n) is 4.17. The highest BCUT2D eigenvalue weighted by Crippen LogP contribution is 2.09. The Labute approximate surface area is 161 Å². The van der Waals surface area contributed by atoms with Gasteiger partial charge in [0, 0.05) is 24.7 Å². The average molecular weight is 373 g/mol. The van der Waals surface area contributed by atoms with Crippen molar-refractivity contribution in [2.75, 3.05) is 11.9 Å². The molecule has 0 aliphatic carbocycles. The van der Waals surface area contributed by atoms with E-state index in [0.717, 1.165) is 5.69 Å². The molecule has 0 atom stereocenters. The summed E-state index contributed by atoms with van der Waals surface area (Å²) in [6.07, 6.45) is 2.28. The molecule has 8 nitrogen and oxygen atoms in total. The summed E-state index contributed by atoms with van der Waals surface area (Å²) in [7, 11) is 0. The van der Waals surface area contributed by atoms with Crippen molar-refractivity contribution in [3.8, 4) is 0 Å². The summed E-state index contributed by atoms with van der Waals surface area (Å²) in [5.74, 6) is 1.28. The smallest absolute Gasteiger partial charge is 0.251 e. The molecule has 0 unspecified atom stereocenters. The van der Waals surface area contributed by atoms with E-state index >= 15 is 0 Å². The van der Waals surface area contributed by atoms with Crippen LogP contribution in [0.25, 0.3) is 5.65 Å². The van der Waals surface area contributed by atoms with E-state index in [4.69, 9.17) is 0 Å². The summed E-state index contributed by atoms with van der Waals surface area (Å²) in [4.78, 5) is 16.4. The van der Waals surface area contributed by atoms with Gasteiger partial charge >= 0.3 is 0 Å². The van der Waals surface area contributed by atoms with Crippen molar-refractivity contribution in [3.63, 3.8) is 0 Å². The van der Waals surface area contributed by atoms with Gasteiger partial charge in [-0.3, -0.25) is 9.78 Å². The fourth-order valence-electron chi connectivity index (χ4n) is 2.75. The predicted molar refractivity (Wildman–Crippen MR) is 105 cm³/mol. The van der Waals surface area contributed by atoms with Crippen LogP contribution in [0.2, 0.25) is 0 Å². The zero-order valence-corrected chi connectivity index (χ0v) is 15.1. The first-order valence-corrected chi connectivity index (χ1v) is 8.98. The van der Waals surface area contributed by atoms with Gasteiger partial charge < -0.3 is 10.6 Å². The molecule has 3 aromatic heterocycles. The quantitative estimate of drug-likeness (QED) is 0.515. The monoisotopic (exact) mass is 373 g/mol. The van der Waals surface area contributed by atoms with Crippen molar-refractivity contribution in [3.05, 3.63) is 83.9 Å². The lowest BCUT2D eigenvalue weighted by Crippen LogP contribution is -2.26. The second kappa shape index (κ2) is 8.26. The standard InChI is InChI=1S/C20H19N7O/c28-20(15-6-2-1-3-7-15)22-13-11-19-25-24-18-10-9-17(26-27(18)19)23-14-16-8-4-5-12-21-16/h1-10,12H,11,13-14H2,(H,22,28)(H,23,26). The van der Waals surface area contributed by atoms with Gasteiger partial charge in [0.15, 0.2) is 11.5 Å². The lowest BCUT2D eigenvalue weighted by Gasteiger charge is -2.07. The van der Waals surface area contributed by atoms with Gasteiger partial charge in [0.05, 0.1) is 12.2 Å². The van der Waals surface area contributed by atoms with Crippen LogP contribution >= 0.6 is 0 Å². The van der Waals surface area contributed by atoms with Gasteiger partial charge in [-0.15, -0.1) is 15.3 Å². The van der Waals surface area contributed by atoms with Crippen molar-refractivity contribution in [1.29, 1.82) is 0 Å². The number of anilines is 1. The fraction of sp³-hybridized carbons (Fsp3) is 0.150. The maximum absolute atomic E-state index is 12.1. The van der Waals surface area contributed by atoms with E-state index in [1.807, 2.05) is 48.5 Å². The first kappa shape index (κ1) is 17.6. The third kappa shape index (κ3) is 4.12. The van der Waals surface area contributed by atoms with Crippen LogP contribution in [0, 0.1) is 0 Å². The fourth-order valence-corrected chi connectivity index (χ4v) is 2.75. The molecule has 4 rings (SSSR count). The lowest BCUT2D eigenvalue weighted by molar-refractivity contribution is 0.0954. The first-order chi connectivity index (χ1) is 13.8. The molecule has 3 heterocycles. The molecule has 0 radical (unpaired) electrons. The van der Waals surface area contributed by atoms with Gasteiger partial charge in [-0.2, -0.15) is 4.52 Å². The topological polar surface area (TPSA) is 97.1 Å². The van der Waals surface area contributed by atoms with Crippen molar-refractivity contribution >= 4 is 17.4 Å². The lowest BCUT2D eigenvalue weighted by atomic mass is 10.2. The molecule has 0 fully saturated rings. The number of benzene rings is 1. The van der Waals surface area contributed by atoms with E-state index < -0.39 is 0 Å². The molecule has 4 aromatic rings. The summed E-state index contributed by atoms with van der Waals surface area (Å²) < 4.78 is 1.69. The molecule has 0 bridgehead atoms. The van der Waals surface area contributed by atoms with E-state index in [2.05, 4.69) is 30.9 Å². The number of rotatable bonds is 7. The molecule has 8 heteroatoms. The number of pyridine rings is 1. The highest BCUT2D eigenvalue weighted by molar-refractivity contribution is 5.94. The molecule has 2 N–H and O–H groups in total. The van der Waals surface area contributed by atoms with Crippen molar-refractivity contribution < 1.29 is 4.79 Å². The van der Waals surface area contributed by atoms with Crippen molar-refractivity contribution in [2.24, 2.45) is 0 Å². The van der Waals surface area contributed by atoms with E-state index in [1.165, 1.54) is 0 Å². The molecule has 28 heavy (non-hydrogen) atoms. The number of hydrogen-bond acceptors (Lipinski definition) is 6. The molecule has 0 aliphatic rings. The summed E-state index contributed by atoms with van der Waals surface area (Å²) in [6.45, 7) is 1.02.